The van der Waals surface area contributed by atoms with Crippen molar-refractivity contribution in [1.82, 2.24) is 24.9 Å². The van der Waals surface area contributed by atoms with Gasteiger partial charge in [0.15, 0.2) is 25.7 Å². The van der Waals surface area contributed by atoms with E-state index in [1.54, 1.807) is 13.1 Å². The van der Waals surface area contributed by atoms with Crippen LogP contribution in [-0.4, -0.2) is 124 Å². The lowest BCUT2D eigenvalue weighted by Gasteiger charge is -2.14. The zero-order chi connectivity index (χ0) is 58.1. The minimum atomic E-state index is -3.30. The van der Waals surface area contributed by atoms with Crippen LogP contribution in [0.5, 0.6) is 0 Å². The van der Waals surface area contributed by atoms with Gasteiger partial charge < -0.3 is 10.5 Å². The smallest absolute Gasteiger partial charge is 0.209 e. The van der Waals surface area contributed by atoms with E-state index in [9.17, 15) is 48.1 Å². The quantitative estimate of drug-likeness (QED) is 0.0628. The summed E-state index contributed by atoms with van der Waals surface area (Å²) in [6.45, 7) is 20.4. The third kappa shape index (κ3) is 31.2. The molecule has 6 rings (SSSR count). The number of sulfone groups is 3. The second-order valence-corrected chi connectivity index (χ2v) is 35.0. The topological polar surface area (TPSA) is 326 Å². The van der Waals surface area contributed by atoms with Gasteiger partial charge >= 0.3 is 0 Å². The van der Waals surface area contributed by atoms with E-state index in [2.05, 4.69) is 61.2 Å². The maximum Gasteiger partial charge on any atom is 0.209 e. The van der Waals surface area contributed by atoms with Crippen LogP contribution < -0.4 is 10.9 Å². The molecule has 0 saturated carbocycles. The van der Waals surface area contributed by atoms with Crippen LogP contribution in [0.1, 0.15) is 153 Å². The van der Waals surface area contributed by atoms with Crippen molar-refractivity contribution in [2.75, 3.05) is 32.0 Å². The van der Waals surface area contributed by atoms with Gasteiger partial charge in [0.2, 0.25) is 42.5 Å². The molecule has 432 valence electrons. The van der Waals surface area contributed by atoms with Crippen LogP contribution >= 0.6 is 101 Å². The minimum absolute atomic E-state index is 0. The minimum Gasteiger partial charge on any atom is -0.381 e. The highest BCUT2D eigenvalue weighted by atomic mass is 79.9. The van der Waals surface area contributed by atoms with Crippen LogP contribution in [0.4, 0.5) is 0 Å². The summed E-state index contributed by atoms with van der Waals surface area (Å²) in [5.41, 5.74) is 6.35. The number of rotatable bonds is 13. The lowest BCUT2D eigenvalue weighted by atomic mass is 10.2. The number of carbonyl (C=O) groups is 3. The van der Waals surface area contributed by atoms with Gasteiger partial charge in [-0.1, -0.05) is 39.0 Å². The first-order valence-corrected chi connectivity index (χ1v) is 35.8. The highest BCUT2D eigenvalue weighted by Crippen LogP contribution is 2.25. The number of thiazole rings is 5. The SMILES string of the molecule is C1CCOC1.CC(C)(C)S(N)=O.CCC(=N[S@](=O)C(C)(C)C)c1cnc(S(C)(=O)=O)s1.CCC(=O)c1cnc(Br)s1.CCC(=O)c1cnc(S(C)(=O)=O)s1.CC[C@H](N)c1cnc(S(C)(=O)=O)s1.Cl.O=Cc1cnc(Br)s1. The Kier molecular flexibility index (Phi) is 36.5. The number of aromatic nitrogens is 5. The monoisotopic (exact) mass is 1400 g/mol. The van der Waals surface area contributed by atoms with Crippen molar-refractivity contribution >= 4 is 176 Å². The van der Waals surface area contributed by atoms with Crippen molar-refractivity contribution < 1.29 is 52.8 Å². The fraction of sp³-hybridized carbons (Fsp3) is 0.558. The number of hydrogen-bond acceptors (Lipinski definition) is 23. The van der Waals surface area contributed by atoms with Crippen molar-refractivity contribution in [3.63, 3.8) is 0 Å². The van der Waals surface area contributed by atoms with E-state index in [4.69, 9.17) is 15.6 Å². The average molecular weight is 1400 g/mol. The standard InChI is InChI=1S/C11H18N2O3S3.C7H12N2O2S2.C7H9NO3S2.C6H6BrNOS.C4H2BrNOS.C4H11NOS.C4H8O.ClH/c1-6-8(13-18(14)11(2,3)4)9-7-12-10(17-9)19(5,15)16;1-3-5(8)6-4-9-7(12-6)13(2,10)11;1-3-5(9)6-4-8-7(12-6)13(2,10)11;1-2-4(9)5-3-8-6(7)10-5;5-4-6-1-3(2-7)8-4;1-4(2,3)7(5)6;1-2-4-5-3-1;/h7H,6H2,1-5H3;4-5H,3,8H2,1-2H3;4H,3H2,1-2H3;3H,2H2,1H3;1-2H;5H2,1-3H3;1-4H2;1H/t18-;5-;;;;;;/m10....../s1. The van der Waals surface area contributed by atoms with Crippen molar-refractivity contribution in [2.24, 2.45) is 15.3 Å². The zero-order valence-corrected chi connectivity index (χ0v) is 56.3. The maximum atomic E-state index is 12.0. The second kappa shape index (κ2) is 36.5. The Labute approximate surface area is 495 Å². The summed E-state index contributed by atoms with van der Waals surface area (Å²) in [4.78, 5) is 54.4. The predicted molar refractivity (Wildman–Crippen MR) is 321 cm³/mol. The lowest BCUT2D eigenvalue weighted by molar-refractivity contribution is 0.0984. The van der Waals surface area contributed by atoms with Gasteiger partial charge in [0.25, 0.3) is 0 Å². The van der Waals surface area contributed by atoms with E-state index in [0.717, 1.165) is 96.3 Å². The molecule has 0 aliphatic carbocycles. The van der Waals surface area contributed by atoms with E-state index in [0.29, 0.717) is 39.6 Å². The summed E-state index contributed by atoms with van der Waals surface area (Å²) in [6.07, 6.45) is 16.4. The molecule has 1 fully saturated rings. The Hall–Kier alpha value is -1.89. The number of nitrogens with two attached hydrogens (primary N) is 2. The molecule has 5 aromatic rings. The summed E-state index contributed by atoms with van der Waals surface area (Å²) < 4.78 is 99.4. The maximum absolute atomic E-state index is 12.0. The second-order valence-electron chi connectivity index (χ2n) is 17.0. The van der Waals surface area contributed by atoms with Crippen LogP contribution in [0.3, 0.4) is 0 Å². The summed E-state index contributed by atoms with van der Waals surface area (Å²) in [7, 11) is -12.3. The molecule has 0 amide bonds. The Morgan fingerprint density at radius 3 is 1.36 bits per heavy atom. The number of hydrogen-bond donors (Lipinski definition) is 2. The first-order valence-electron chi connectivity index (χ1n) is 22.2. The molecule has 6 heterocycles. The van der Waals surface area contributed by atoms with Crippen molar-refractivity contribution in [2.45, 2.75) is 136 Å². The third-order valence-electron chi connectivity index (χ3n) is 8.28. The normalized spacial score (nSPS) is 13.7. The van der Waals surface area contributed by atoms with Crippen LogP contribution in [-0.2, 0) is 56.2 Å². The van der Waals surface area contributed by atoms with Crippen LogP contribution in [0.25, 0.3) is 0 Å². The van der Waals surface area contributed by atoms with E-state index < -0.39 is 56.2 Å². The molecule has 33 heteroatoms. The Balaban J connectivity index is 0. The van der Waals surface area contributed by atoms with Crippen LogP contribution in [0.2, 0.25) is 0 Å². The van der Waals surface area contributed by atoms with Gasteiger partial charge in [0, 0.05) is 74.3 Å². The first-order chi connectivity index (χ1) is 34.5. The summed E-state index contributed by atoms with van der Waals surface area (Å²) in [6, 6.07) is -0.104. The predicted octanol–water partition coefficient (Wildman–Crippen LogP) is 10.1. The number of aldehydes is 1. The fourth-order valence-electron chi connectivity index (χ4n) is 4.02. The molecule has 3 atom stereocenters. The van der Waals surface area contributed by atoms with Crippen molar-refractivity contribution in [3.8, 4) is 0 Å². The lowest BCUT2D eigenvalue weighted by Crippen LogP contribution is -2.27. The number of ether oxygens (including phenoxy) is 1. The van der Waals surface area contributed by atoms with Crippen molar-refractivity contribution in [3.05, 3.63) is 63.2 Å². The number of halogens is 3. The van der Waals surface area contributed by atoms with Crippen molar-refractivity contribution in [1.29, 1.82) is 0 Å². The molecular weight excluding hydrogens is 1340 g/mol. The van der Waals surface area contributed by atoms with Crippen LogP contribution in [0, 0.1) is 0 Å². The average Bonchev–Trinajstić information content (AvgIpc) is 4.18. The molecule has 1 unspecified atom stereocenters. The summed E-state index contributed by atoms with van der Waals surface area (Å²) in [5.74, 6) is 0.0793. The molecule has 1 saturated heterocycles. The molecule has 76 heavy (non-hydrogen) atoms. The third-order valence-corrected chi connectivity index (χ3v) is 22.1. The summed E-state index contributed by atoms with van der Waals surface area (Å²) >= 11 is 12.1. The van der Waals surface area contributed by atoms with Gasteiger partial charge in [-0.05, 0) is 99.1 Å². The van der Waals surface area contributed by atoms with Gasteiger partial charge in [-0.25, -0.2) is 58.6 Å². The molecule has 0 bridgehead atoms. The highest BCUT2D eigenvalue weighted by Gasteiger charge is 2.22. The molecule has 0 aromatic carbocycles. The largest absolute Gasteiger partial charge is 0.381 e. The number of Topliss-reactive ketones (excluding diaryl/α,β-unsaturated/α-hetero) is 2. The van der Waals surface area contributed by atoms with E-state index in [-0.39, 0.29) is 47.8 Å². The number of ketones is 2. The number of carbonyl (C=O) groups excluding carboxylic acids is 3. The number of nitrogens with zero attached hydrogens (tertiary/aromatic N) is 6. The van der Waals surface area contributed by atoms with Gasteiger partial charge in [0.05, 0.1) is 58.1 Å². The highest BCUT2D eigenvalue weighted by molar-refractivity contribution is 9.11. The molecule has 1 aliphatic heterocycles. The molecule has 1 aliphatic rings. The Morgan fingerprint density at radius 1 is 0.671 bits per heavy atom. The summed E-state index contributed by atoms with van der Waals surface area (Å²) in [5, 5.41) is 5.04. The van der Waals surface area contributed by atoms with Crippen LogP contribution in [0.15, 0.2) is 56.2 Å². The Bertz CT molecular complexity index is 2990. The molecule has 0 radical (unpaired) electrons. The molecule has 5 aromatic heterocycles. The molecular formula is C43H67Br2ClN8O12S10. The zero-order valence-electron chi connectivity index (χ0n) is 44.2. The van der Waals surface area contributed by atoms with Gasteiger partial charge in [-0.2, -0.15) is 4.40 Å². The van der Waals surface area contributed by atoms with E-state index in [1.165, 1.54) is 60.3 Å². The van der Waals surface area contributed by atoms with E-state index >= 15 is 0 Å². The van der Waals surface area contributed by atoms with E-state index in [1.807, 2.05) is 62.3 Å². The fourth-order valence-corrected chi connectivity index (χ4v) is 12.6. The van der Waals surface area contributed by atoms with Gasteiger partial charge in [-0.15, -0.1) is 57.8 Å². The van der Waals surface area contributed by atoms with Gasteiger partial charge in [0.1, 0.15) is 11.0 Å². The molecule has 4 N–H and O–H groups in total. The Morgan fingerprint density at radius 2 is 1.07 bits per heavy atom. The molecule has 0 spiro atoms. The first kappa shape index (κ1) is 76.2. The molecule has 20 nitrogen and oxygen atoms in total. The van der Waals surface area contributed by atoms with Gasteiger partial charge in [-0.3, -0.25) is 19.5 Å².